The highest BCUT2D eigenvalue weighted by molar-refractivity contribution is 5.10. The van der Waals surface area contributed by atoms with E-state index in [1.165, 1.54) is 17.1 Å². The largest absolute Gasteiger partial charge is 0.337 e. The fraction of sp³-hybridized carbons (Fsp3) is 0. The number of nitrogens with two attached hydrogens (primary N) is 1. The average molecular weight is 108 g/mol. The van der Waals surface area contributed by atoms with Crippen LogP contribution in [0.3, 0.4) is 0 Å². The second-order valence-electron chi connectivity index (χ2n) is 1.27. The highest BCUT2D eigenvalue weighted by Crippen LogP contribution is 1.85. The molecule has 0 aliphatic heterocycles. The van der Waals surface area contributed by atoms with Gasteiger partial charge in [-0.3, -0.25) is 0 Å². The summed E-state index contributed by atoms with van der Waals surface area (Å²) in [5.74, 6) is 5.41. The zero-order chi connectivity index (χ0) is 5.98. The summed E-state index contributed by atoms with van der Waals surface area (Å²) in [6.45, 7) is 0. The highest BCUT2D eigenvalue weighted by Gasteiger charge is 1.91. The van der Waals surface area contributed by atoms with Gasteiger partial charge in [0.1, 0.15) is 6.07 Å². The predicted molar refractivity (Wildman–Crippen MR) is 27.1 cm³/mol. The average Bonchev–Trinajstić information content (AvgIpc) is 2.14. The summed E-state index contributed by atoms with van der Waals surface area (Å²) in [5, 5.41) is 8.19. The number of aromatic nitrogens is 2. The van der Waals surface area contributed by atoms with Gasteiger partial charge < -0.3 is 5.84 Å². The van der Waals surface area contributed by atoms with E-state index in [1.807, 2.05) is 0 Å². The van der Waals surface area contributed by atoms with Gasteiger partial charge in [0.15, 0.2) is 0 Å². The molecule has 0 unspecified atom stereocenters. The van der Waals surface area contributed by atoms with Gasteiger partial charge in [0.2, 0.25) is 5.82 Å². The molecule has 40 valence electrons. The minimum atomic E-state index is 0.227. The molecule has 1 aromatic rings. The summed E-state index contributed by atoms with van der Waals surface area (Å²) in [5.41, 5.74) is 0. The lowest BCUT2D eigenvalue weighted by Gasteiger charge is -1.85. The number of nitriles is 1. The van der Waals surface area contributed by atoms with Crippen molar-refractivity contribution in [2.24, 2.45) is 0 Å². The molecule has 0 radical (unpaired) electrons. The van der Waals surface area contributed by atoms with Crippen LogP contribution < -0.4 is 5.84 Å². The van der Waals surface area contributed by atoms with Crippen LogP contribution in [0.15, 0.2) is 12.4 Å². The lowest BCUT2D eigenvalue weighted by molar-refractivity contribution is 0.968. The highest BCUT2D eigenvalue weighted by atomic mass is 15.3. The van der Waals surface area contributed by atoms with Gasteiger partial charge in [0.25, 0.3) is 0 Å². The lowest BCUT2D eigenvalue weighted by atomic mass is 10.7. The first-order valence-corrected chi connectivity index (χ1v) is 2.03. The van der Waals surface area contributed by atoms with Gasteiger partial charge in [-0.05, 0) is 0 Å². The predicted octanol–water partition coefficient (Wildman–Crippen LogP) is -0.531. The summed E-state index contributed by atoms with van der Waals surface area (Å²) in [6.07, 6.45) is 2.98. The number of hydrogen-bond donors (Lipinski definition) is 1. The van der Waals surface area contributed by atoms with Gasteiger partial charge in [-0.15, -0.1) is 0 Å². The maximum Gasteiger partial charge on any atom is 0.231 e. The lowest BCUT2D eigenvalue weighted by Crippen LogP contribution is -2.08. The molecule has 0 spiro atoms. The smallest absolute Gasteiger partial charge is 0.231 e. The van der Waals surface area contributed by atoms with E-state index >= 15 is 0 Å². The van der Waals surface area contributed by atoms with Gasteiger partial charge in [-0.2, -0.15) is 5.26 Å². The molecule has 0 atom stereocenters. The minimum absolute atomic E-state index is 0.227. The van der Waals surface area contributed by atoms with E-state index in [0.29, 0.717) is 0 Å². The third-order valence-electron chi connectivity index (χ3n) is 0.769. The van der Waals surface area contributed by atoms with E-state index < -0.39 is 0 Å². The number of imidazole rings is 1. The molecule has 0 aliphatic carbocycles. The number of hydrogen-bond acceptors (Lipinski definition) is 3. The van der Waals surface area contributed by atoms with Crippen molar-refractivity contribution in [1.29, 1.82) is 5.26 Å². The second kappa shape index (κ2) is 1.54. The topological polar surface area (TPSA) is 67.6 Å². The first kappa shape index (κ1) is 4.65. The van der Waals surface area contributed by atoms with Gasteiger partial charge in [0, 0.05) is 12.4 Å². The molecule has 0 aromatic carbocycles. The van der Waals surface area contributed by atoms with Crippen LogP contribution in [-0.4, -0.2) is 9.66 Å². The van der Waals surface area contributed by atoms with Crippen LogP contribution in [0.1, 0.15) is 5.82 Å². The summed E-state index contributed by atoms with van der Waals surface area (Å²) >= 11 is 0. The number of nitrogen functional groups attached to an aromatic ring is 1. The maximum atomic E-state index is 8.19. The molecular formula is C4H4N4. The van der Waals surface area contributed by atoms with Gasteiger partial charge >= 0.3 is 0 Å². The van der Waals surface area contributed by atoms with Crippen LogP contribution in [0, 0.1) is 11.3 Å². The Morgan fingerprint density at radius 1 is 1.88 bits per heavy atom. The van der Waals surface area contributed by atoms with Crippen molar-refractivity contribution in [3.05, 3.63) is 18.2 Å². The number of rotatable bonds is 0. The number of nitrogens with zero attached hydrogens (tertiary/aromatic N) is 3. The first-order valence-electron chi connectivity index (χ1n) is 2.03. The summed E-state index contributed by atoms with van der Waals surface area (Å²) in [4.78, 5) is 3.61. The molecule has 8 heavy (non-hydrogen) atoms. The summed E-state index contributed by atoms with van der Waals surface area (Å²) in [7, 11) is 0. The molecule has 0 aliphatic rings. The van der Waals surface area contributed by atoms with E-state index in [9.17, 15) is 0 Å². The molecule has 0 saturated heterocycles. The molecular weight excluding hydrogens is 104 g/mol. The quantitative estimate of drug-likeness (QED) is 0.454. The molecule has 2 N–H and O–H groups in total. The van der Waals surface area contributed by atoms with E-state index in [1.54, 1.807) is 6.07 Å². The Morgan fingerprint density at radius 3 is 2.88 bits per heavy atom. The third-order valence-corrected chi connectivity index (χ3v) is 0.769. The third kappa shape index (κ3) is 0.500. The molecule has 1 aromatic heterocycles. The van der Waals surface area contributed by atoms with Gasteiger partial charge in [-0.25, -0.2) is 9.66 Å². The maximum absolute atomic E-state index is 8.19. The Hall–Kier alpha value is -1.50. The van der Waals surface area contributed by atoms with Crippen molar-refractivity contribution >= 4 is 0 Å². The molecule has 4 nitrogen and oxygen atoms in total. The van der Waals surface area contributed by atoms with Gasteiger partial charge in [0.05, 0.1) is 0 Å². The van der Waals surface area contributed by atoms with Crippen molar-refractivity contribution < 1.29 is 0 Å². The van der Waals surface area contributed by atoms with Crippen molar-refractivity contribution in [3.63, 3.8) is 0 Å². The zero-order valence-corrected chi connectivity index (χ0v) is 4.07. The van der Waals surface area contributed by atoms with Crippen molar-refractivity contribution in [2.45, 2.75) is 0 Å². The molecule has 1 rings (SSSR count). The standard InChI is InChI=1S/C4H4N4/c5-3-4-7-1-2-8(4)6/h1-2H,6H2. The zero-order valence-electron chi connectivity index (χ0n) is 4.07. The van der Waals surface area contributed by atoms with Crippen LogP contribution >= 0.6 is 0 Å². The molecule has 4 heteroatoms. The summed E-state index contributed by atoms with van der Waals surface area (Å²) < 4.78 is 1.17. The molecule has 0 fully saturated rings. The first-order chi connectivity index (χ1) is 3.84. The van der Waals surface area contributed by atoms with Gasteiger partial charge in [-0.1, -0.05) is 0 Å². The monoisotopic (exact) mass is 108 g/mol. The fourth-order valence-corrected chi connectivity index (χ4v) is 0.400. The van der Waals surface area contributed by atoms with Crippen LogP contribution in [0.25, 0.3) is 0 Å². The Morgan fingerprint density at radius 2 is 2.62 bits per heavy atom. The Balaban J connectivity index is 3.15. The SMILES string of the molecule is N#Cc1nccn1N. The molecule has 1 heterocycles. The van der Waals surface area contributed by atoms with Crippen molar-refractivity contribution in [2.75, 3.05) is 5.84 Å². The molecule has 0 saturated carbocycles. The van der Waals surface area contributed by atoms with Crippen molar-refractivity contribution in [3.8, 4) is 6.07 Å². The Kier molecular flexibility index (Phi) is 0.897. The van der Waals surface area contributed by atoms with E-state index in [2.05, 4.69) is 4.98 Å². The minimum Gasteiger partial charge on any atom is -0.337 e. The summed E-state index contributed by atoms with van der Waals surface area (Å²) in [6, 6.07) is 1.80. The normalized spacial score (nSPS) is 8.38. The fourth-order valence-electron chi connectivity index (χ4n) is 0.400. The Labute approximate surface area is 46.1 Å². The second-order valence-corrected chi connectivity index (χ2v) is 1.27. The van der Waals surface area contributed by atoms with Crippen LogP contribution in [-0.2, 0) is 0 Å². The van der Waals surface area contributed by atoms with E-state index in [0.717, 1.165) is 0 Å². The van der Waals surface area contributed by atoms with Crippen LogP contribution in [0.4, 0.5) is 0 Å². The van der Waals surface area contributed by atoms with Crippen molar-refractivity contribution in [1.82, 2.24) is 9.66 Å². The molecule has 0 amide bonds. The van der Waals surface area contributed by atoms with Crippen LogP contribution in [0.2, 0.25) is 0 Å². The van der Waals surface area contributed by atoms with E-state index in [4.69, 9.17) is 11.1 Å². The molecule has 0 bridgehead atoms. The Bertz CT molecular complexity index is 218. The van der Waals surface area contributed by atoms with Crippen LogP contribution in [0.5, 0.6) is 0 Å². The van der Waals surface area contributed by atoms with E-state index in [-0.39, 0.29) is 5.82 Å².